The van der Waals surface area contributed by atoms with Crippen LogP contribution in [0, 0.1) is 0 Å². The van der Waals surface area contributed by atoms with Gasteiger partial charge in [-0.1, -0.05) is 6.07 Å². The van der Waals surface area contributed by atoms with Gasteiger partial charge in [0.15, 0.2) is 0 Å². The first-order valence-corrected chi connectivity index (χ1v) is 6.55. The molecular formula is C14H22N2O2. The molecule has 1 aliphatic carbocycles. The lowest BCUT2D eigenvalue weighted by Gasteiger charge is -2.17. The van der Waals surface area contributed by atoms with Crippen molar-refractivity contribution >= 4 is 11.4 Å². The molecule has 4 nitrogen and oxygen atoms in total. The summed E-state index contributed by atoms with van der Waals surface area (Å²) >= 11 is 0. The van der Waals surface area contributed by atoms with Crippen molar-refractivity contribution in [1.82, 2.24) is 0 Å². The molecule has 18 heavy (non-hydrogen) atoms. The van der Waals surface area contributed by atoms with Gasteiger partial charge >= 0.3 is 0 Å². The standard InChI is InChI=1S/C14H22N2O2/c1-3-18-13-6-4-5-12(14(13)15)16-10-7-8-11(9-10)17-2/h4-6,10-11,16H,3,7-9,15H2,1-2H3. The minimum absolute atomic E-state index is 0.374. The SMILES string of the molecule is CCOc1cccc(NC2CCC(OC)C2)c1N. The summed E-state index contributed by atoms with van der Waals surface area (Å²) in [5.74, 6) is 0.754. The van der Waals surface area contributed by atoms with Crippen molar-refractivity contribution in [2.24, 2.45) is 0 Å². The average Bonchev–Trinajstić information content (AvgIpc) is 2.82. The van der Waals surface area contributed by atoms with Crippen molar-refractivity contribution in [3.63, 3.8) is 0 Å². The molecule has 1 fully saturated rings. The van der Waals surface area contributed by atoms with Gasteiger partial charge in [0.1, 0.15) is 5.75 Å². The van der Waals surface area contributed by atoms with Crippen molar-refractivity contribution in [1.29, 1.82) is 0 Å². The molecule has 2 rings (SSSR count). The largest absolute Gasteiger partial charge is 0.492 e. The summed E-state index contributed by atoms with van der Waals surface area (Å²) in [6, 6.07) is 6.30. The molecule has 0 aliphatic heterocycles. The Bertz CT molecular complexity index is 395. The monoisotopic (exact) mass is 250 g/mol. The molecule has 0 spiro atoms. The zero-order chi connectivity index (χ0) is 13.0. The van der Waals surface area contributed by atoms with Crippen LogP contribution in [0.3, 0.4) is 0 Å². The van der Waals surface area contributed by atoms with E-state index in [-0.39, 0.29) is 0 Å². The van der Waals surface area contributed by atoms with Gasteiger partial charge in [-0.2, -0.15) is 0 Å². The second-order valence-corrected chi connectivity index (χ2v) is 4.66. The van der Waals surface area contributed by atoms with Crippen LogP contribution in [0.25, 0.3) is 0 Å². The first kappa shape index (κ1) is 13.0. The van der Waals surface area contributed by atoms with Crippen LogP contribution in [0.5, 0.6) is 5.75 Å². The van der Waals surface area contributed by atoms with E-state index >= 15 is 0 Å². The van der Waals surface area contributed by atoms with Crippen LogP contribution < -0.4 is 15.8 Å². The fourth-order valence-corrected chi connectivity index (χ4v) is 2.46. The van der Waals surface area contributed by atoms with Gasteiger partial charge in [0.2, 0.25) is 0 Å². The summed E-state index contributed by atoms with van der Waals surface area (Å²) in [5, 5.41) is 3.49. The maximum absolute atomic E-state index is 6.10. The number of para-hydroxylation sites is 1. The molecule has 100 valence electrons. The molecule has 1 saturated carbocycles. The summed E-state index contributed by atoms with van der Waals surface area (Å²) in [4.78, 5) is 0. The quantitative estimate of drug-likeness (QED) is 0.789. The smallest absolute Gasteiger partial charge is 0.144 e. The van der Waals surface area contributed by atoms with Crippen molar-refractivity contribution in [2.45, 2.75) is 38.3 Å². The Morgan fingerprint density at radius 3 is 2.89 bits per heavy atom. The third-order valence-corrected chi connectivity index (χ3v) is 3.44. The fraction of sp³-hybridized carbons (Fsp3) is 0.571. The van der Waals surface area contributed by atoms with Gasteiger partial charge in [0.25, 0.3) is 0 Å². The van der Waals surface area contributed by atoms with Crippen LogP contribution in [0.4, 0.5) is 11.4 Å². The van der Waals surface area contributed by atoms with E-state index in [1.807, 2.05) is 25.1 Å². The fourth-order valence-electron chi connectivity index (χ4n) is 2.46. The third-order valence-electron chi connectivity index (χ3n) is 3.44. The van der Waals surface area contributed by atoms with Crippen LogP contribution in [0.15, 0.2) is 18.2 Å². The Kier molecular flexibility index (Phi) is 4.31. The molecule has 2 atom stereocenters. The van der Waals surface area contributed by atoms with Gasteiger partial charge in [-0.15, -0.1) is 0 Å². The molecule has 1 aromatic rings. The molecule has 0 radical (unpaired) electrons. The average molecular weight is 250 g/mol. The molecular weight excluding hydrogens is 228 g/mol. The van der Waals surface area contributed by atoms with E-state index in [0.717, 1.165) is 30.7 Å². The first-order chi connectivity index (χ1) is 8.74. The Hall–Kier alpha value is -1.42. The number of rotatable bonds is 5. The Balaban J connectivity index is 2.03. The van der Waals surface area contributed by atoms with E-state index in [4.69, 9.17) is 15.2 Å². The maximum Gasteiger partial charge on any atom is 0.144 e. The molecule has 3 N–H and O–H groups in total. The Morgan fingerprint density at radius 1 is 1.39 bits per heavy atom. The van der Waals surface area contributed by atoms with Crippen molar-refractivity contribution < 1.29 is 9.47 Å². The van der Waals surface area contributed by atoms with Gasteiger partial charge in [-0.05, 0) is 38.3 Å². The highest BCUT2D eigenvalue weighted by Crippen LogP contribution is 2.32. The maximum atomic E-state index is 6.10. The highest BCUT2D eigenvalue weighted by Gasteiger charge is 2.24. The molecule has 1 aromatic carbocycles. The lowest BCUT2D eigenvalue weighted by atomic mass is 10.2. The predicted octanol–water partition coefficient (Wildman–Crippen LogP) is 2.65. The van der Waals surface area contributed by atoms with E-state index < -0.39 is 0 Å². The first-order valence-electron chi connectivity index (χ1n) is 6.55. The summed E-state index contributed by atoms with van der Waals surface area (Å²) < 4.78 is 10.9. The van der Waals surface area contributed by atoms with Crippen molar-refractivity contribution in [3.8, 4) is 5.75 Å². The summed E-state index contributed by atoms with van der Waals surface area (Å²) in [6.45, 7) is 2.59. The van der Waals surface area contributed by atoms with Crippen molar-refractivity contribution in [2.75, 3.05) is 24.8 Å². The zero-order valence-electron chi connectivity index (χ0n) is 11.1. The van der Waals surface area contributed by atoms with Crippen molar-refractivity contribution in [3.05, 3.63) is 18.2 Å². The molecule has 0 heterocycles. The number of ether oxygens (including phenoxy) is 2. The van der Waals surface area contributed by atoms with E-state index in [2.05, 4.69) is 5.32 Å². The lowest BCUT2D eigenvalue weighted by Crippen LogP contribution is -2.18. The molecule has 4 heteroatoms. The number of hydrogen-bond acceptors (Lipinski definition) is 4. The second-order valence-electron chi connectivity index (χ2n) is 4.66. The molecule has 0 saturated heterocycles. The van der Waals surface area contributed by atoms with E-state index in [1.165, 1.54) is 0 Å². The number of hydrogen-bond donors (Lipinski definition) is 2. The molecule has 0 amide bonds. The lowest BCUT2D eigenvalue weighted by molar-refractivity contribution is 0.108. The Morgan fingerprint density at radius 2 is 2.22 bits per heavy atom. The topological polar surface area (TPSA) is 56.5 Å². The number of nitrogen functional groups attached to an aromatic ring is 1. The van der Waals surface area contributed by atoms with Gasteiger partial charge < -0.3 is 20.5 Å². The summed E-state index contributed by atoms with van der Waals surface area (Å²) in [7, 11) is 1.77. The minimum Gasteiger partial charge on any atom is -0.492 e. The van der Waals surface area contributed by atoms with Gasteiger partial charge in [0, 0.05) is 13.2 Å². The Labute approximate surface area is 108 Å². The summed E-state index contributed by atoms with van der Waals surface area (Å²) in [6.07, 6.45) is 3.64. The van der Waals surface area contributed by atoms with Crippen LogP contribution in [0.1, 0.15) is 26.2 Å². The number of nitrogens with one attached hydrogen (secondary N) is 1. The normalized spacial score (nSPS) is 23.0. The molecule has 1 aliphatic rings. The minimum atomic E-state index is 0.374. The number of benzene rings is 1. The molecule has 0 bridgehead atoms. The highest BCUT2D eigenvalue weighted by molar-refractivity contribution is 5.73. The second kappa shape index (κ2) is 5.96. The van der Waals surface area contributed by atoms with E-state index in [9.17, 15) is 0 Å². The number of nitrogens with two attached hydrogens (primary N) is 1. The molecule has 0 aromatic heterocycles. The van der Waals surface area contributed by atoms with Crippen LogP contribution >= 0.6 is 0 Å². The van der Waals surface area contributed by atoms with Crippen LogP contribution in [-0.4, -0.2) is 25.9 Å². The highest BCUT2D eigenvalue weighted by atomic mass is 16.5. The van der Waals surface area contributed by atoms with E-state index in [1.54, 1.807) is 7.11 Å². The van der Waals surface area contributed by atoms with Gasteiger partial charge in [-0.3, -0.25) is 0 Å². The number of anilines is 2. The van der Waals surface area contributed by atoms with Gasteiger partial charge in [-0.25, -0.2) is 0 Å². The number of methoxy groups -OCH3 is 1. The zero-order valence-corrected chi connectivity index (χ0v) is 11.1. The predicted molar refractivity (Wildman–Crippen MR) is 74.1 cm³/mol. The van der Waals surface area contributed by atoms with Gasteiger partial charge in [0.05, 0.1) is 24.1 Å². The molecule has 2 unspecified atom stereocenters. The summed E-state index contributed by atoms with van der Waals surface area (Å²) in [5.41, 5.74) is 7.75. The van der Waals surface area contributed by atoms with Crippen LogP contribution in [0.2, 0.25) is 0 Å². The van der Waals surface area contributed by atoms with E-state index in [0.29, 0.717) is 24.4 Å². The third kappa shape index (κ3) is 2.88. The van der Waals surface area contributed by atoms with Crippen LogP contribution in [-0.2, 0) is 4.74 Å².